The minimum absolute atomic E-state index is 0.764. The number of rotatable bonds is 2. The smallest absolute Gasteiger partial charge is 0.182 e. The fourth-order valence-electron chi connectivity index (χ4n) is 2.13. The summed E-state index contributed by atoms with van der Waals surface area (Å²) in [6.07, 6.45) is 0. The molecule has 0 bridgehead atoms. The van der Waals surface area contributed by atoms with Crippen molar-refractivity contribution in [3.8, 4) is 22.0 Å². The van der Waals surface area contributed by atoms with E-state index in [1.807, 2.05) is 54.6 Å². The number of hydrogen-bond acceptors (Lipinski definition) is 4. The second kappa shape index (κ2) is 5.05. The molecule has 0 N–H and O–H groups in total. The summed E-state index contributed by atoms with van der Waals surface area (Å²) < 4.78 is 2.82. The molecule has 102 valence electrons. The Morgan fingerprint density at radius 3 is 2.48 bits per heavy atom. The van der Waals surface area contributed by atoms with E-state index in [1.54, 1.807) is 4.52 Å². The molecule has 0 amide bonds. The van der Waals surface area contributed by atoms with E-state index in [-0.39, 0.29) is 0 Å². The van der Waals surface area contributed by atoms with Gasteiger partial charge < -0.3 is 0 Å². The largest absolute Gasteiger partial charge is 0.235 e. The van der Waals surface area contributed by atoms with Crippen LogP contribution in [0.3, 0.4) is 0 Å². The van der Waals surface area contributed by atoms with E-state index in [0.29, 0.717) is 0 Å². The fraction of sp³-hybridized carbons (Fsp3) is 0. The van der Waals surface area contributed by atoms with Crippen LogP contribution < -0.4 is 0 Å². The molecule has 4 nitrogen and oxygen atoms in total. The van der Waals surface area contributed by atoms with Gasteiger partial charge in [0.1, 0.15) is 5.01 Å². The Labute approximate surface area is 133 Å². The average molecular weight is 357 g/mol. The van der Waals surface area contributed by atoms with Crippen LogP contribution in [0.4, 0.5) is 0 Å². The molecule has 0 saturated heterocycles. The van der Waals surface area contributed by atoms with E-state index in [2.05, 4.69) is 31.2 Å². The van der Waals surface area contributed by atoms with Gasteiger partial charge in [0.15, 0.2) is 5.82 Å². The van der Waals surface area contributed by atoms with Crippen LogP contribution in [0.25, 0.3) is 26.9 Å². The number of benzene rings is 2. The highest BCUT2D eigenvalue weighted by Crippen LogP contribution is 2.32. The molecule has 2 aromatic heterocycles. The van der Waals surface area contributed by atoms with E-state index in [1.165, 1.54) is 11.3 Å². The van der Waals surface area contributed by atoms with Crippen molar-refractivity contribution in [2.24, 2.45) is 0 Å². The summed E-state index contributed by atoms with van der Waals surface area (Å²) in [4.78, 5) is 0.791. The van der Waals surface area contributed by atoms with E-state index < -0.39 is 0 Å². The van der Waals surface area contributed by atoms with Gasteiger partial charge in [0.2, 0.25) is 4.96 Å². The third-order valence-corrected chi connectivity index (χ3v) is 4.75. The molecule has 21 heavy (non-hydrogen) atoms. The van der Waals surface area contributed by atoms with Crippen LogP contribution in [-0.4, -0.2) is 19.8 Å². The summed E-state index contributed by atoms with van der Waals surface area (Å²) in [6.45, 7) is 0. The molecule has 0 radical (unpaired) electrons. The molecule has 0 unspecified atom stereocenters. The first-order chi connectivity index (χ1) is 10.3. The Balaban J connectivity index is 1.89. The van der Waals surface area contributed by atoms with Gasteiger partial charge >= 0.3 is 0 Å². The lowest BCUT2D eigenvalue weighted by atomic mass is 10.2. The molecular formula is C15H9BrN4S. The van der Waals surface area contributed by atoms with Crippen molar-refractivity contribution >= 4 is 32.2 Å². The molecular weight excluding hydrogens is 348 g/mol. The predicted octanol–water partition coefficient (Wildman–Crippen LogP) is 4.28. The maximum Gasteiger partial charge on any atom is 0.235 e. The first kappa shape index (κ1) is 12.7. The van der Waals surface area contributed by atoms with Crippen LogP contribution in [0, 0.1) is 0 Å². The lowest BCUT2D eigenvalue weighted by Crippen LogP contribution is -1.90. The highest BCUT2D eigenvalue weighted by atomic mass is 79.9. The quantitative estimate of drug-likeness (QED) is 0.538. The Kier molecular flexibility index (Phi) is 3.05. The van der Waals surface area contributed by atoms with Gasteiger partial charge in [-0.25, -0.2) is 0 Å². The van der Waals surface area contributed by atoms with Gasteiger partial charge in [0.05, 0.1) is 0 Å². The fourth-order valence-corrected chi connectivity index (χ4v) is 3.61. The van der Waals surface area contributed by atoms with E-state index in [0.717, 1.165) is 31.4 Å². The van der Waals surface area contributed by atoms with Gasteiger partial charge in [0, 0.05) is 15.6 Å². The number of hydrogen-bond donors (Lipinski definition) is 0. The van der Waals surface area contributed by atoms with Crippen molar-refractivity contribution in [1.29, 1.82) is 0 Å². The molecule has 4 aromatic rings. The molecule has 2 heterocycles. The van der Waals surface area contributed by atoms with Crippen molar-refractivity contribution in [2.45, 2.75) is 0 Å². The maximum absolute atomic E-state index is 4.66. The van der Waals surface area contributed by atoms with Crippen LogP contribution in [0.15, 0.2) is 59.1 Å². The monoisotopic (exact) mass is 356 g/mol. The van der Waals surface area contributed by atoms with Crippen molar-refractivity contribution in [3.63, 3.8) is 0 Å². The molecule has 0 atom stereocenters. The number of nitrogens with zero attached hydrogens (tertiary/aromatic N) is 4. The van der Waals surface area contributed by atoms with E-state index in [9.17, 15) is 0 Å². The molecule has 0 aliphatic heterocycles. The third-order valence-electron chi connectivity index (χ3n) is 3.13. The molecule has 0 saturated carbocycles. The first-order valence-corrected chi connectivity index (χ1v) is 7.96. The van der Waals surface area contributed by atoms with E-state index >= 15 is 0 Å². The minimum atomic E-state index is 0.764. The normalized spacial score (nSPS) is 11.1. The summed E-state index contributed by atoms with van der Waals surface area (Å²) >= 11 is 5.09. The zero-order valence-corrected chi connectivity index (χ0v) is 13.2. The van der Waals surface area contributed by atoms with E-state index in [4.69, 9.17) is 0 Å². The highest BCUT2D eigenvalue weighted by Gasteiger charge is 2.15. The van der Waals surface area contributed by atoms with Gasteiger partial charge in [-0.3, -0.25) is 0 Å². The Hall–Kier alpha value is -2.05. The average Bonchev–Trinajstić information content (AvgIpc) is 3.08. The van der Waals surface area contributed by atoms with Crippen LogP contribution in [0.1, 0.15) is 0 Å². The maximum atomic E-state index is 4.66. The summed E-state index contributed by atoms with van der Waals surface area (Å²) in [5, 5.41) is 14.0. The zero-order valence-electron chi connectivity index (χ0n) is 10.8. The molecule has 0 aliphatic rings. The van der Waals surface area contributed by atoms with Crippen LogP contribution >= 0.6 is 27.3 Å². The Morgan fingerprint density at radius 2 is 1.67 bits per heavy atom. The number of fused-ring (bicyclic) bond motifs is 1. The van der Waals surface area contributed by atoms with Gasteiger partial charge in [-0.1, -0.05) is 75.8 Å². The van der Waals surface area contributed by atoms with Crippen LogP contribution in [-0.2, 0) is 0 Å². The summed E-state index contributed by atoms with van der Waals surface area (Å²) in [7, 11) is 0. The predicted molar refractivity (Wildman–Crippen MR) is 87.2 cm³/mol. The van der Waals surface area contributed by atoms with Crippen LogP contribution in [0.5, 0.6) is 0 Å². The second-order valence-corrected chi connectivity index (χ2v) is 6.28. The summed E-state index contributed by atoms with van der Waals surface area (Å²) in [5.74, 6) is 0.764. The molecule has 0 spiro atoms. The van der Waals surface area contributed by atoms with Gasteiger partial charge in [-0.05, 0) is 6.07 Å². The second-order valence-electron chi connectivity index (χ2n) is 4.47. The SMILES string of the molecule is Brc1ccccc1-c1nn2c(-c3ccccc3)nnc2s1. The van der Waals surface area contributed by atoms with Gasteiger partial charge in [0.25, 0.3) is 0 Å². The summed E-state index contributed by atoms with van der Waals surface area (Å²) in [5.41, 5.74) is 2.07. The van der Waals surface area contributed by atoms with Crippen LogP contribution in [0.2, 0.25) is 0 Å². The zero-order chi connectivity index (χ0) is 14.2. The minimum Gasteiger partial charge on any atom is -0.182 e. The topological polar surface area (TPSA) is 43.1 Å². The standard InChI is InChI=1S/C15H9BrN4S/c16-12-9-5-4-8-11(12)14-19-20-13(17-18-15(20)21-14)10-6-2-1-3-7-10/h1-9H. The molecule has 0 aliphatic carbocycles. The number of halogens is 1. The summed E-state index contributed by atoms with van der Waals surface area (Å²) in [6, 6.07) is 18.0. The number of aromatic nitrogens is 4. The van der Waals surface area contributed by atoms with Crippen molar-refractivity contribution < 1.29 is 0 Å². The lowest BCUT2D eigenvalue weighted by molar-refractivity contribution is 0.970. The molecule has 6 heteroatoms. The molecule has 4 rings (SSSR count). The first-order valence-electron chi connectivity index (χ1n) is 6.35. The van der Waals surface area contributed by atoms with Crippen molar-refractivity contribution in [3.05, 3.63) is 59.1 Å². The van der Waals surface area contributed by atoms with Crippen molar-refractivity contribution in [1.82, 2.24) is 19.8 Å². The van der Waals surface area contributed by atoms with Gasteiger partial charge in [-0.15, -0.1) is 10.2 Å². The van der Waals surface area contributed by atoms with Crippen molar-refractivity contribution in [2.75, 3.05) is 0 Å². The lowest BCUT2D eigenvalue weighted by Gasteiger charge is -1.98. The Morgan fingerprint density at radius 1 is 0.905 bits per heavy atom. The molecule has 2 aromatic carbocycles. The molecule has 0 fully saturated rings. The highest BCUT2D eigenvalue weighted by molar-refractivity contribution is 9.10. The van der Waals surface area contributed by atoms with Gasteiger partial charge in [-0.2, -0.15) is 9.61 Å². The Bertz CT molecular complexity index is 914. The third kappa shape index (κ3) is 2.16.